The molecule has 2 fully saturated rings. The third-order valence-electron chi connectivity index (χ3n) is 7.34. The number of nitrogens with zero attached hydrogens (tertiary/aromatic N) is 4. The number of benzene rings is 1. The Kier molecular flexibility index (Phi) is 5.69. The van der Waals surface area contributed by atoms with Gasteiger partial charge in [-0.25, -0.2) is 18.4 Å². The van der Waals surface area contributed by atoms with E-state index in [1.165, 1.54) is 6.07 Å². The molecule has 4 aromatic rings. The van der Waals surface area contributed by atoms with Gasteiger partial charge >= 0.3 is 0 Å². The first-order chi connectivity index (χ1) is 18.1. The van der Waals surface area contributed by atoms with Gasteiger partial charge in [-0.15, -0.1) is 0 Å². The SMILES string of the molecule is Cc1ccc(C(=O)NCc2cc3nc(-c4cccc(N5CC6CC6(O)C5)n4)ccc3cn2)cc1S(C)(=O)=O. The molecule has 1 saturated carbocycles. The molecule has 6 rings (SSSR count). The lowest BCUT2D eigenvalue weighted by molar-refractivity contribution is 0.0950. The highest BCUT2D eigenvalue weighted by molar-refractivity contribution is 7.90. The van der Waals surface area contributed by atoms with Crippen molar-refractivity contribution >= 4 is 32.5 Å². The van der Waals surface area contributed by atoms with Gasteiger partial charge in [0.05, 0.1) is 39.6 Å². The molecule has 3 aromatic heterocycles. The summed E-state index contributed by atoms with van der Waals surface area (Å²) in [5, 5.41) is 14.1. The summed E-state index contributed by atoms with van der Waals surface area (Å²) in [6, 6.07) is 16.1. The van der Waals surface area contributed by atoms with E-state index in [1.807, 2.05) is 36.4 Å². The number of carbonyl (C=O) groups excluding carboxylic acids is 1. The zero-order valence-electron chi connectivity index (χ0n) is 21.0. The van der Waals surface area contributed by atoms with E-state index in [0.29, 0.717) is 23.7 Å². The second kappa shape index (κ2) is 8.85. The second-order valence-corrected chi connectivity index (χ2v) is 12.3. The predicted octanol–water partition coefficient (Wildman–Crippen LogP) is 2.90. The highest BCUT2D eigenvalue weighted by atomic mass is 32.2. The van der Waals surface area contributed by atoms with Crippen LogP contribution in [0.3, 0.4) is 0 Å². The molecule has 0 spiro atoms. The number of carbonyl (C=O) groups is 1. The number of anilines is 1. The Labute approximate surface area is 220 Å². The average molecular weight is 530 g/mol. The van der Waals surface area contributed by atoms with Gasteiger partial charge in [0.25, 0.3) is 5.91 Å². The molecule has 1 aliphatic heterocycles. The summed E-state index contributed by atoms with van der Waals surface area (Å²) < 4.78 is 24.0. The van der Waals surface area contributed by atoms with E-state index in [4.69, 9.17) is 9.97 Å². The van der Waals surface area contributed by atoms with E-state index in [9.17, 15) is 18.3 Å². The summed E-state index contributed by atoms with van der Waals surface area (Å²) in [5.74, 6) is 0.785. The number of pyridine rings is 3. The molecule has 1 amide bonds. The quantitative estimate of drug-likeness (QED) is 0.391. The molecular formula is C28H27N5O4S. The number of amides is 1. The van der Waals surface area contributed by atoms with E-state index in [2.05, 4.69) is 15.2 Å². The summed E-state index contributed by atoms with van der Waals surface area (Å²) in [6.07, 6.45) is 3.71. The molecule has 0 bridgehead atoms. The third-order valence-corrected chi connectivity index (χ3v) is 8.57. The van der Waals surface area contributed by atoms with Crippen molar-refractivity contribution in [3.63, 3.8) is 0 Å². The Balaban J connectivity index is 1.20. The van der Waals surface area contributed by atoms with Gasteiger partial charge in [-0.1, -0.05) is 12.1 Å². The summed E-state index contributed by atoms with van der Waals surface area (Å²) in [7, 11) is -3.44. The average Bonchev–Trinajstić information content (AvgIpc) is 3.41. The van der Waals surface area contributed by atoms with E-state index in [0.717, 1.165) is 47.3 Å². The van der Waals surface area contributed by atoms with Gasteiger partial charge in [-0.2, -0.15) is 0 Å². The molecule has 4 heterocycles. The van der Waals surface area contributed by atoms with E-state index < -0.39 is 15.4 Å². The number of aliphatic hydroxyl groups is 1. The molecule has 1 aromatic carbocycles. The number of hydrogen-bond donors (Lipinski definition) is 2. The maximum atomic E-state index is 12.7. The zero-order chi connectivity index (χ0) is 26.7. The van der Waals surface area contributed by atoms with Crippen LogP contribution in [0.4, 0.5) is 5.82 Å². The number of fused-ring (bicyclic) bond motifs is 2. The summed E-state index contributed by atoms with van der Waals surface area (Å²) in [4.78, 5) is 29.0. The molecule has 2 unspecified atom stereocenters. The monoisotopic (exact) mass is 529 g/mol. The van der Waals surface area contributed by atoms with Crippen molar-refractivity contribution in [2.24, 2.45) is 5.92 Å². The Morgan fingerprint density at radius 2 is 1.95 bits per heavy atom. The molecule has 1 aliphatic carbocycles. The van der Waals surface area contributed by atoms with E-state index >= 15 is 0 Å². The molecule has 2 atom stereocenters. The zero-order valence-corrected chi connectivity index (χ0v) is 21.9. The second-order valence-electron chi connectivity index (χ2n) is 10.3. The van der Waals surface area contributed by atoms with Crippen LogP contribution in [0.25, 0.3) is 22.3 Å². The molecule has 38 heavy (non-hydrogen) atoms. The van der Waals surface area contributed by atoms with Gasteiger partial charge < -0.3 is 15.3 Å². The first-order valence-electron chi connectivity index (χ1n) is 12.4. The minimum Gasteiger partial charge on any atom is -0.388 e. The molecule has 194 valence electrons. The van der Waals surface area contributed by atoms with Gasteiger partial charge in [0, 0.05) is 42.4 Å². The van der Waals surface area contributed by atoms with Crippen molar-refractivity contribution in [1.82, 2.24) is 20.3 Å². The van der Waals surface area contributed by atoms with E-state index in [-0.39, 0.29) is 22.9 Å². The van der Waals surface area contributed by atoms with Gasteiger partial charge in [-0.05, 0) is 61.4 Å². The molecule has 2 N–H and O–H groups in total. The van der Waals surface area contributed by atoms with Crippen LogP contribution < -0.4 is 10.2 Å². The Hall–Kier alpha value is -3.89. The van der Waals surface area contributed by atoms with Crippen molar-refractivity contribution in [3.05, 3.63) is 77.6 Å². The van der Waals surface area contributed by atoms with Gasteiger partial charge in [0.2, 0.25) is 0 Å². The fraction of sp³-hybridized carbons (Fsp3) is 0.286. The van der Waals surface area contributed by atoms with Crippen LogP contribution in [0.5, 0.6) is 0 Å². The summed E-state index contributed by atoms with van der Waals surface area (Å²) >= 11 is 0. The number of β-amino-alcohol motifs (C(OH)–C–C–N with tert-alkyl or cyclic N) is 1. The maximum Gasteiger partial charge on any atom is 0.251 e. The smallest absolute Gasteiger partial charge is 0.251 e. The highest BCUT2D eigenvalue weighted by Gasteiger charge is 2.59. The van der Waals surface area contributed by atoms with Crippen LogP contribution in [0.15, 0.2) is 65.7 Å². The van der Waals surface area contributed by atoms with Crippen LogP contribution >= 0.6 is 0 Å². The molecular weight excluding hydrogens is 502 g/mol. The number of aryl methyl sites for hydroxylation is 1. The minimum absolute atomic E-state index is 0.140. The normalized spacial score (nSPS) is 20.4. The fourth-order valence-corrected chi connectivity index (χ4v) is 6.08. The number of nitrogens with one attached hydrogen (secondary N) is 1. The molecule has 9 nitrogen and oxygen atoms in total. The van der Waals surface area contributed by atoms with Crippen molar-refractivity contribution in [2.75, 3.05) is 24.2 Å². The predicted molar refractivity (Wildman–Crippen MR) is 143 cm³/mol. The minimum atomic E-state index is -3.44. The number of piperidine rings is 1. The third kappa shape index (κ3) is 4.61. The van der Waals surface area contributed by atoms with Crippen LogP contribution in [-0.2, 0) is 16.4 Å². The molecule has 0 radical (unpaired) electrons. The largest absolute Gasteiger partial charge is 0.388 e. The van der Waals surface area contributed by atoms with Gasteiger partial charge in [-0.3, -0.25) is 9.78 Å². The van der Waals surface area contributed by atoms with Crippen LogP contribution in [0.2, 0.25) is 0 Å². The van der Waals surface area contributed by atoms with Gasteiger partial charge in [0.1, 0.15) is 5.82 Å². The van der Waals surface area contributed by atoms with Crippen molar-refractivity contribution in [1.29, 1.82) is 0 Å². The lowest BCUT2D eigenvalue weighted by Gasteiger charge is -2.20. The standard InChI is InChI=1S/C28H27N5O4S/c1-17-6-7-18(10-25(17)38(2,36)37)27(34)30-14-21-11-24-19(13-29-21)8-9-23(31-24)22-4-3-5-26(32-22)33-15-20-12-28(20,35)16-33/h3-11,13,20,35H,12,14-16H2,1-2H3,(H,30,34). The highest BCUT2D eigenvalue weighted by Crippen LogP contribution is 2.50. The molecule has 10 heteroatoms. The Morgan fingerprint density at radius 1 is 1.13 bits per heavy atom. The van der Waals surface area contributed by atoms with Crippen molar-refractivity contribution in [3.8, 4) is 11.4 Å². The lowest BCUT2D eigenvalue weighted by Crippen LogP contribution is -2.27. The number of sulfone groups is 1. The van der Waals surface area contributed by atoms with Crippen molar-refractivity contribution in [2.45, 2.75) is 30.4 Å². The van der Waals surface area contributed by atoms with Crippen LogP contribution in [0, 0.1) is 12.8 Å². The van der Waals surface area contributed by atoms with Crippen molar-refractivity contribution < 1.29 is 18.3 Å². The van der Waals surface area contributed by atoms with E-state index in [1.54, 1.807) is 25.3 Å². The maximum absolute atomic E-state index is 12.7. The molecule has 1 saturated heterocycles. The number of aromatic nitrogens is 3. The van der Waals surface area contributed by atoms with Crippen LogP contribution in [-0.4, -0.2) is 59.3 Å². The van der Waals surface area contributed by atoms with Gasteiger partial charge in [0.15, 0.2) is 9.84 Å². The lowest BCUT2D eigenvalue weighted by atomic mass is 10.1. The topological polar surface area (TPSA) is 125 Å². The Morgan fingerprint density at radius 3 is 2.71 bits per heavy atom. The summed E-state index contributed by atoms with van der Waals surface area (Å²) in [5.41, 5.74) is 3.12. The fourth-order valence-electron chi connectivity index (χ4n) is 5.08. The molecule has 2 aliphatic rings. The summed E-state index contributed by atoms with van der Waals surface area (Å²) in [6.45, 7) is 3.29. The number of hydrogen-bond acceptors (Lipinski definition) is 8. The number of rotatable bonds is 6. The first kappa shape index (κ1) is 24.4. The Bertz CT molecular complexity index is 1710. The first-order valence-corrected chi connectivity index (χ1v) is 14.3. The van der Waals surface area contributed by atoms with Crippen LogP contribution in [0.1, 0.15) is 28.0 Å².